The Morgan fingerprint density at radius 1 is 1.00 bits per heavy atom. The van der Waals surface area contributed by atoms with Gasteiger partial charge in [-0.2, -0.15) is 0 Å². The number of amides is 1. The Morgan fingerprint density at radius 2 is 1.76 bits per heavy atom. The molecule has 1 amide bonds. The molecular formula is C27H35N3O3. The second kappa shape index (κ2) is 10.8. The predicted octanol–water partition coefficient (Wildman–Crippen LogP) is 5.04. The Balaban J connectivity index is 1.36. The molecule has 2 aromatic rings. The van der Waals surface area contributed by atoms with Gasteiger partial charge in [0.25, 0.3) is 5.91 Å². The fourth-order valence-corrected chi connectivity index (χ4v) is 5.06. The first-order valence-corrected chi connectivity index (χ1v) is 12.2. The third-order valence-electron chi connectivity index (χ3n) is 7.02. The Morgan fingerprint density at radius 3 is 2.45 bits per heavy atom. The van der Waals surface area contributed by atoms with E-state index in [0.29, 0.717) is 17.2 Å². The van der Waals surface area contributed by atoms with Crippen molar-refractivity contribution in [3.05, 3.63) is 59.2 Å². The van der Waals surface area contributed by atoms with Gasteiger partial charge in [-0.15, -0.1) is 0 Å². The summed E-state index contributed by atoms with van der Waals surface area (Å²) in [5.41, 5.74) is 3.04. The Kier molecular flexibility index (Phi) is 7.65. The molecule has 2 fully saturated rings. The molecule has 2 aliphatic rings. The summed E-state index contributed by atoms with van der Waals surface area (Å²) in [5, 5.41) is 12.7. The predicted molar refractivity (Wildman–Crippen MR) is 132 cm³/mol. The third-order valence-corrected chi connectivity index (χ3v) is 7.02. The molecule has 2 heterocycles. The highest BCUT2D eigenvalue weighted by molar-refractivity contribution is 6.05. The van der Waals surface area contributed by atoms with Crippen molar-refractivity contribution >= 4 is 23.3 Å². The minimum absolute atomic E-state index is 0.239. The van der Waals surface area contributed by atoms with Crippen LogP contribution in [0.15, 0.2) is 42.5 Å². The minimum Gasteiger partial charge on any atom is -0.478 e. The molecular weight excluding hydrogens is 414 g/mol. The van der Waals surface area contributed by atoms with Gasteiger partial charge in [-0.1, -0.05) is 24.1 Å². The number of carboxylic acid groups (broad SMARTS) is 1. The number of rotatable bonds is 7. The number of likely N-dealkylation sites (tertiary alicyclic amines) is 1. The number of benzene rings is 2. The summed E-state index contributed by atoms with van der Waals surface area (Å²) < 4.78 is 0. The van der Waals surface area contributed by atoms with Crippen LogP contribution in [0.4, 0.5) is 11.4 Å². The molecule has 2 saturated heterocycles. The number of anilines is 2. The fraction of sp³-hybridized carbons (Fsp3) is 0.481. The second-order valence-electron chi connectivity index (χ2n) is 9.48. The largest absolute Gasteiger partial charge is 0.478 e. The first-order chi connectivity index (χ1) is 16.0. The van der Waals surface area contributed by atoms with Crippen molar-refractivity contribution in [2.24, 2.45) is 5.92 Å². The van der Waals surface area contributed by atoms with Gasteiger partial charge in [0.1, 0.15) is 0 Å². The molecule has 2 aliphatic heterocycles. The van der Waals surface area contributed by atoms with E-state index in [0.717, 1.165) is 37.2 Å². The van der Waals surface area contributed by atoms with E-state index in [1.54, 1.807) is 18.2 Å². The Hall–Kier alpha value is -2.86. The topological polar surface area (TPSA) is 72.9 Å². The zero-order valence-corrected chi connectivity index (χ0v) is 19.6. The van der Waals surface area contributed by atoms with E-state index in [9.17, 15) is 14.7 Å². The first-order valence-electron chi connectivity index (χ1n) is 12.2. The summed E-state index contributed by atoms with van der Waals surface area (Å²) in [6, 6.07) is 12.6. The van der Waals surface area contributed by atoms with Gasteiger partial charge in [0.15, 0.2) is 0 Å². The van der Waals surface area contributed by atoms with Gasteiger partial charge in [-0.25, -0.2) is 4.79 Å². The summed E-state index contributed by atoms with van der Waals surface area (Å²) in [6.07, 6.45) is 7.46. The maximum Gasteiger partial charge on any atom is 0.337 e. The number of carboxylic acids is 1. The number of nitrogens with zero attached hydrogens (tertiary/aromatic N) is 2. The van der Waals surface area contributed by atoms with Crippen LogP contribution >= 0.6 is 0 Å². The highest BCUT2D eigenvalue weighted by Crippen LogP contribution is 2.30. The van der Waals surface area contributed by atoms with Crippen molar-refractivity contribution < 1.29 is 14.7 Å². The molecule has 176 valence electrons. The van der Waals surface area contributed by atoms with Gasteiger partial charge < -0.3 is 20.2 Å². The average molecular weight is 450 g/mol. The van der Waals surface area contributed by atoms with Crippen LogP contribution in [0.2, 0.25) is 0 Å². The van der Waals surface area contributed by atoms with Crippen LogP contribution in [-0.2, 0) is 0 Å². The van der Waals surface area contributed by atoms with Crippen LogP contribution < -0.4 is 10.2 Å². The van der Waals surface area contributed by atoms with Gasteiger partial charge in [0, 0.05) is 24.3 Å². The van der Waals surface area contributed by atoms with Gasteiger partial charge in [-0.05, 0) is 94.9 Å². The van der Waals surface area contributed by atoms with E-state index in [1.807, 2.05) is 31.2 Å². The summed E-state index contributed by atoms with van der Waals surface area (Å²) >= 11 is 0. The van der Waals surface area contributed by atoms with Crippen LogP contribution in [0.3, 0.4) is 0 Å². The number of hydrogen-bond donors (Lipinski definition) is 2. The molecule has 6 nitrogen and oxygen atoms in total. The number of nitrogens with one attached hydrogen (secondary N) is 1. The summed E-state index contributed by atoms with van der Waals surface area (Å²) in [4.78, 5) is 29.4. The first kappa shape index (κ1) is 23.3. The zero-order valence-electron chi connectivity index (χ0n) is 19.6. The minimum atomic E-state index is -0.969. The molecule has 0 spiro atoms. The van der Waals surface area contributed by atoms with Crippen LogP contribution in [0.5, 0.6) is 0 Å². The number of aromatic carboxylic acids is 1. The smallest absolute Gasteiger partial charge is 0.337 e. The molecule has 0 radical (unpaired) electrons. The lowest BCUT2D eigenvalue weighted by molar-refractivity contribution is 0.0697. The normalized spacial score (nSPS) is 17.7. The van der Waals surface area contributed by atoms with E-state index in [2.05, 4.69) is 15.1 Å². The summed E-state index contributed by atoms with van der Waals surface area (Å²) in [5.74, 6) is -0.495. The highest BCUT2D eigenvalue weighted by Gasteiger charge is 2.24. The SMILES string of the molecule is Cc1cccc(C(=O)Nc2ccc(N3CCC(CCN4CCCCC4)CC3)c(C(=O)O)c2)c1. The summed E-state index contributed by atoms with van der Waals surface area (Å²) in [7, 11) is 0. The molecule has 0 atom stereocenters. The molecule has 0 bridgehead atoms. The van der Waals surface area contributed by atoms with Crippen molar-refractivity contribution in [1.82, 2.24) is 4.90 Å². The molecule has 2 aromatic carbocycles. The maximum absolute atomic E-state index is 12.6. The molecule has 4 rings (SSSR count). The van der Waals surface area contributed by atoms with E-state index >= 15 is 0 Å². The Labute approximate surface area is 196 Å². The fourth-order valence-electron chi connectivity index (χ4n) is 5.06. The molecule has 2 N–H and O–H groups in total. The monoisotopic (exact) mass is 449 g/mol. The van der Waals surface area contributed by atoms with Gasteiger partial charge in [-0.3, -0.25) is 4.79 Å². The number of piperidine rings is 2. The van der Waals surface area contributed by atoms with E-state index in [1.165, 1.54) is 45.3 Å². The average Bonchev–Trinajstić information content (AvgIpc) is 2.84. The number of aryl methyl sites for hydroxylation is 1. The number of hydrogen-bond acceptors (Lipinski definition) is 4. The van der Waals surface area contributed by atoms with Gasteiger partial charge in [0.05, 0.1) is 11.3 Å². The van der Waals surface area contributed by atoms with Gasteiger partial charge >= 0.3 is 5.97 Å². The van der Waals surface area contributed by atoms with Crippen LogP contribution in [0.25, 0.3) is 0 Å². The van der Waals surface area contributed by atoms with Gasteiger partial charge in [0.2, 0.25) is 0 Å². The van der Waals surface area contributed by atoms with E-state index < -0.39 is 5.97 Å². The molecule has 0 saturated carbocycles. The lowest BCUT2D eigenvalue weighted by Gasteiger charge is -2.35. The quantitative estimate of drug-likeness (QED) is 0.620. The molecule has 33 heavy (non-hydrogen) atoms. The van der Waals surface area contributed by atoms with Crippen molar-refractivity contribution in [2.45, 2.75) is 45.4 Å². The van der Waals surface area contributed by atoms with Crippen molar-refractivity contribution in [2.75, 3.05) is 42.9 Å². The zero-order chi connectivity index (χ0) is 23.2. The van der Waals surface area contributed by atoms with Crippen LogP contribution in [0, 0.1) is 12.8 Å². The van der Waals surface area contributed by atoms with Crippen molar-refractivity contribution in [1.29, 1.82) is 0 Å². The highest BCUT2D eigenvalue weighted by atomic mass is 16.4. The lowest BCUT2D eigenvalue weighted by atomic mass is 9.92. The Bertz CT molecular complexity index is 976. The van der Waals surface area contributed by atoms with E-state index in [-0.39, 0.29) is 11.5 Å². The second-order valence-corrected chi connectivity index (χ2v) is 9.48. The van der Waals surface area contributed by atoms with E-state index in [4.69, 9.17) is 0 Å². The molecule has 6 heteroatoms. The number of carbonyl (C=O) groups is 2. The van der Waals surface area contributed by atoms with Crippen molar-refractivity contribution in [3.8, 4) is 0 Å². The maximum atomic E-state index is 12.6. The summed E-state index contributed by atoms with van der Waals surface area (Å²) in [6.45, 7) is 7.37. The lowest BCUT2D eigenvalue weighted by Crippen LogP contribution is -2.37. The standard InChI is InChI=1S/C27H35N3O3/c1-20-6-5-7-22(18-20)26(31)28-23-8-9-25(24(19-23)27(32)33)30-16-11-21(12-17-30)10-15-29-13-3-2-4-14-29/h5-9,18-19,21H,2-4,10-17H2,1H3,(H,28,31)(H,32,33). The van der Waals surface area contributed by atoms with Crippen LogP contribution in [-0.4, -0.2) is 54.6 Å². The molecule has 0 unspecified atom stereocenters. The molecule has 0 aromatic heterocycles. The number of carbonyl (C=O) groups excluding carboxylic acids is 1. The van der Waals surface area contributed by atoms with Crippen molar-refractivity contribution in [3.63, 3.8) is 0 Å². The molecule has 0 aliphatic carbocycles. The van der Waals surface area contributed by atoms with Crippen LogP contribution in [0.1, 0.15) is 64.8 Å². The third kappa shape index (κ3) is 6.14.